The van der Waals surface area contributed by atoms with Crippen LogP contribution < -0.4 is 15.8 Å². The van der Waals surface area contributed by atoms with Gasteiger partial charge in [0.05, 0.1) is 0 Å². The van der Waals surface area contributed by atoms with Crippen LogP contribution >= 0.6 is 0 Å². The van der Waals surface area contributed by atoms with Crippen molar-refractivity contribution in [3.63, 3.8) is 0 Å². The van der Waals surface area contributed by atoms with Crippen molar-refractivity contribution in [3.05, 3.63) is 24.3 Å². The number of carbonyl (C=O) groups excluding carboxylic acids is 1. The van der Waals surface area contributed by atoms with Gasteiger partial charge in [0.15, 0.2) is 5.84 Å². The van der Waals surface area contributed by atoms with Crippen LogP contribution in [0.5, 0.6) is 5.75 Å². The van der Waals surface area contributed by atoms with Crippen molar-refractivity contribution in [2.24, 2.45) is 10.9 Å². The van der Waals surface area contributed by atoms with Crippen LogP contribution in [0.4, 0.5) is 5.69 Å². The van der Waals surface area contributed by atoms with Crippen LogP contribution in [0.15, 0.2) is 29.4 Å². The molecule has 0 heterocycles. The maximum Gasteiger partial charge on any atom is 0.250 e. The molecule has 7 nitrogen and oxygen atoms in total. The first-order valence-electron chi connectivity index (χ1n) is 5.72. The first-order valence-corrected chi connectivity index (χ1v) is 5.72. The number of nitrogens with two attached hydrogens (primary N) is 1. The minimum atomic E-state index is -0.240. The van der Waals surface area contributed by atoms with Gasteiger partial charge in [-0.25, -0.2) is 0 Å². The Morgan fingerprint density at radius 2 is 2.26 bits per heavy atom. The van der Waals surface area contributed by atoms with Gasteiger partial charge in [0, 0.05) is 18.4 Å². The summed E-state index contributed by atoms with van der Waals surface area (Å²) in [4.78, 5) is 11.4. The van der Waals surface area contributed by atoms with Gasteiger partial charge in [0.1, 0.15) is 19.0 Å². The van der Waals surface area contributed by atoms with Crippen LogP contribution in [0.2, 0.25) is 0 Å². The minimum Gasteiger partial charge on any atom is -0.485 e. The van der Waals surface area contributed by atoms with E-state index >= 15 is 0 Å². The van der Waals surface area contributed by atoms with E-state index in [2.05, 4.69) is 10.5 Å². The molecule has 1 amide bonds. The number of nitrogens with one attached hydrogen (secondary N) is 1. The molecular formula is C12H17N3O4. The van der Waals surface area contributed by atoms with Gasteiger partial charge in [0.25, 0.3) is 0 Å². The molecule has 0 bridgehead atoms. The highest BCUT2D eigenvalue weighted by Gasteiger charge is 2.03. The van der Waals surface area contributed by atoms with E-state index in [0.717, 1.165) is 0 Å². The Kier molecular flexibility index (Phi) is 6.17. The Morgan fingerprint density at radius 3 is 2.95 bits per heavy atom. The van der Waals surface area contributed by atoms with Crippen molar-refractivity contribution in [3.8, 4) is 5.75 Å². The van der Waals surface area contributed by atoms with E-state index in [9.17, 15) is 4.79 Å². The lowest BCUT2D eigenvalue weighted by Crippen LogP contribution is -2.21. The van der Waals surface area contributed by atoms with Crippen LogP contribution in [0.25, 0.3) is 0 Å². The van der Waals surface area contributed by atoms with E-state index in [1.165, 1.54) is 0 Å². The third-order valence-electron chi connectivity index (χ3n) is 2.07. The fourth-order valence-electron chi connectivity index (χ4n) is 1.24. The SMILES string of the molecule is CCOCC(=O)Nc1cccc(OC/C(N)=N/O)c1. The number of amidine groups is 1. The smallest absolute Gasteiger partial charge is 0.250 e. The topological polar surface area (TPSA) is 106 Å². The number of rotatable bonds is 7. The van der Waals surface area contributed by atoms with E-state index < -0.39 is 0 Å². The Morgan fingerprint density at radius 1 is 1.47 bits per heavy atom. The Labute approximate surface area is 111 Å². The van der Waals surface area contributed by atoms with Gasteiger partial charge >= 0.3 is 0 Å². The van der Waals surface area contributed by atoms with Crippen molar-refractivity contribution in [2.45, 2.75) is 6.92 Å². The summed E-state index contributed by atoms with van der Waals surface area (Å²) in [6, 6.07) is 6.77. The van der Waals surface area contributed by atoms with Crippen LogP contribution in [0.1, 0.15) is 6.92 Å². The first kappa shape index (κ1) is 14.8. The van der Waals surface area contributed by atoms with E-state index in [-0.39, 0.29) is 25.0 Å². The molecule has 0 unspecified atom stereocenters. The first-order chi connectivity index (χ1) is 9.15. The maximum atomic E-state index is 11.4. The standard InChI is InChI=1S/C12H17N3O4/c1-2-18-8-12(16)14-9-4-3-5-10(6-9)19-7-11(13)15-17/h3-6,17H,2,7-8H2,1H3,(H2,13,15)(H,14,16). The van der Waals surface area contributed by atoms with Crippen LogP contribution in [0, 0.1) is 0 Å². The molecule has 1 aromatic rings. The highest BCUT2D eigenvalue weighted by molar-refractivity contribution is 5.91. The lowest BCUT2D eigenvalue weighted by molar-refractivity contribution is -0.120. The van der Waals surface area contributed by atoms with Gasteiger partial charge in [-0.2, -0.15) is 0 Å². The van der Waals surface area contributed by atoms with E-state index in [1.807, 2.05) is 6.92 Å². The second-order valence-electron chi connectivity index (χ2n) is 3.59. The molecule has 7 heteroatoms. The number of hydrogen-bond acceptors (Lipinski definition) is 5. The van der Waals surface area contributed by atoms with Gasteiger partial charge < -0.3 is 25.7 Å². The molecule has 0 aliphatic carbocycles. The molecule has 0 fully saturated rings. The molecule has 0 atom stereocenters. The summed E-state index contributed by atoms with van der Waals surface area (Å²) < 4.78 is 10.3. The number of ether oxygens (including phenoxy) is 2. The molecule has 4 N–H and O–H groups in total. The van der Waals surface area contributed by atoms with E-state index in [1.54, 1.807) is 24.3 Å². The summed E-state index contributed by atoms with van der Waals surface area (Å²) in [5.41, 5.74) is 5.87. The molecule has 0 aromatic heterocycles. The van der Waals surface area contributed by atoms with E-state index in [4.69, 9.17) is 20.4 Å². The molecule has 0 saturated carbocycles. The molecule has 0 aliphatic heterocycles. The average molecular weight is 267 g/mol. The average Bonchev–Trinajstić information content (AvgIpc) is 2.43. The molecular weight excluding hydrogens is 250 g/mol. The largest absolute Gasteiger partial charge is 0.485 e. The van der Waals surface area contributed by atoms with Gasteiger partial charge in [-0.3, -0.25) is 4.79 Å². The zero-order valence-corrected chi connectivity index (χ0v) is 10.6. The molecule has 104 valence electrons. The summed E-state index contributed by atoms with van der Waals surface area (Å²) in [6.07, 6.45) is 0. The Balaban J connectivity index is 2.54. The third-order valence-corrected chi connectivity index (χ3v) is 2.07. The van der Waals surface area contributed by atoms with Gasteiger partial charge in [-0.15, -0.1) is 0 Å². The molecule has 1 aromatic carbocycles. The highest BCUT2D eigenvalue weighted by Crippen LogP contribution is 2.17. The summed E-state index contributed by atoms with van der Waals surface area (Å²) in [6.45, 7) is 2.27. The number of amides is 1. The Bertz CT molecular complexity index is 448. The molecule has 0 radical (unpaired) electrons. The number of hydrogen-bond donors (Lipinski definition) is 3. The normalized spacial score (nSPS) is 11.1. The summed E-state index contributed by atoms with van der Waals surface area (Å²) >= 11 is 0. The predicted molar refractivity (Wildman–Crippen MR) is 70.5 cm³/mol. The fraction of sp³-hybridized carbons (Fsp3) is 0.333. The molecule has 0 saturated heterocycles. The van der Waals surface area contributed by atoms with Crippen molar-refractivity contribution in [1.82, 2.24) is 0 Å². The number of anilines is 1. The van der Waals surface area contributed by atoms with Crippen LogP contribution in [-0.4, -0.2) is 36.8 Å². The number of nitrogens with zero attached hydrogens (tertiary/aromatic N) is 1. The van der Waals surface area contributed by atoms with Crippen molar-refractivity contribution in [1.29, 1.82) is 0 Å². The number of carbonyl (C=O) groups is 1. The second kappa shape index (κ2) is 7.93. The summed E-state index contributed by atoms with van der Waals surface area (Å²) in [7, 11) is 0. The fourth-order valence-corrected chi connectivity index (χ4v) is 1.24. The number of oxime groups is 1. The predicted octanol–water partition coefficient (Wildman–Crippen LogP) is 0.787. The maximum absolute atomic E-state index is 11.4. The quantitative estimate of drug-likeness (QED) is 0.293. The molecule has 1 rings (SSSR count). The monoisotopic (exact) mass is 267 g/mol. The lowest BCUT2D eigenvalue weighted by atomic mass is 10.3. The van der Waals surface area contributed by atoms with E-state index in [0.29, 0.717) is 18.0 Å². The second-order valence-corrected chi connectivity index (χ2v) is 3.59. The van der Waals surface area contributed by atoms with Crippen molar-refractivity contribution >= 4 is 17.4 Å². The van der Waals surface area contributed by atoms with Gasteiger partial charge in [-0.05, 0) is 19.1 Å². The summed E-state index contributed by atoms with van der Waals surface area (Å²) in [5.74, 6) is 0.224. The van der Waals surface area contributed by atoms with Crippen molar-refractivity contribution in [2.75, 3.05) is 25.1 Å². The Hall–Kier alpha value is -2.28. The number of benzene rings is 1. The zero-order chi connectivity index (χ0) is 14.1. The highest BCUT2D eigenvalue weighted by atomic mass is 16.5. The van der Waals surface area contributed by atoms with Crippen molar-refractivity contribution < 1.29 is 19.5 Å². The zero-order valence-electron chi connectivity index (χ0n) is 10.6. The van der Waals surface area contributed by atoms with Gasteiger partial charge in [-0.1, -0.05) is 11.2 Å². The lowest BCUT2D eigenvalue weighted by Gasteiger charge is -2.08. The van der Waals surface area contributed by atoms with Crippen LogP contribution in [0.3, 0.4) is 0 Å². The van der Waals surface area contributed by atoms with Gasteiger partial charge in [0.2, 0.25) is 5.91 Å². The summed E-state index contributed by atoms with van der Waals surface area (Å²) in [5, 5.41) is 13.8. The minimum absolute atomic E-state index is 0.00566. The molecule has 0 spiro atoms. The molecule has 0 aliphatic rings. The third kappa shape index (κ3) is 5.73. The van der Waals surface area contributed by atoms with Crippen LogP contribution in [-0.2, 0) is 9.53 Å². The molecule has 19 heavy (non-hydrogen) atoms.